The van der Waals surface area contributed by atoms with E-state index in [1.54, 1.807) is 12.1 Å². The highest BCUT2D eigenvalue weighted by atomic mass is 32.1. The number of nitrogens with zero attached hydrogens (tertiary/aromatic N) is 3. The van der Waals surface area contributed by atoms with Crippen molar-refractivity contribution in [1.29, 1.82) is 0 Å². The van der Waals surface area contributed by atoms with E-state index in [0.717, 1.165) is 5.56 Å². The van der Waals surface area contributed by atoms with Crippen molar-refractivity contribution in [3.8, 4) is 0 Å². The van der Waals surface area contributed by atoms with Crippen molar-refractivity contribution in [3.05, 3.63) is 40.7 Å². The molecule has 0 aliphatic carbocycles. The summed E-state index contributed by atoms with van der Waals surface area (Å²) in [7, 11) is 0. The number of aliphatic carboxylic acids is 1. The molecule has 1 unspecified atom stereocenters. The zero-order chi connectivity index (χ0) is 17.8. The Morgan fingerprint density at radius 1 is 1.40 bits per heavy atom. The maximum absolute atomic E-state index is 13.2. The summed E-state index contributed by atoms with van der Waals surface area (Å²) in [6.07, 6.45) is 1.66. The second-order valence-corrected chi connectivity index (χ2v) is 6.92. The molecule has 0 spiro atoms. The minimum absolute atomic E-state index is 0.191. The van der Waals surface area contributed by atoms with Crippen molar-refractivity contribution in [3.63, 3.8) is 0 Å². The second kappa shape index (κ2) is 7.56. The second-order valence-electron chi connectivity index (χ2n) is 5.86. The fourth-order valence-electron chi connectivity index (χ4n) is 2.73. The standard InChI is InChI=1S/C16H17FN4O3S/c17-12-5-1-3-10(7-12)8-13-19-20-15(25-13)18-16(24)21-6-2-4-11(9-21)14(22)23/h1,3,5,7,11H,2,4,6,8-9H2,(H,22,23)(H,18,20,24). The van der Waals surface area contributed by atoms with Gasteiger partial charge in [0.05, 0.1) is 5.92 Å². The first-order valence-corrected chi connectivity index (χ1v) is 8.68. The number of hydrogen-bond donors (Lipinski definition) is 2. The van der Waals surface area contributed by atoms with Crippen LogP contribution in [0, 0.1) is 11.7 Å². The molecule has 2 N–H and O–H groups in total. The third-order valence-corrected chi connectivity index (χ3v) is 4.82. The summed E-state index contributed by atoms with van der Waals surface area (Å²) in [5.41, 5.74) is 0.773. The number of carbonyl (C=O) groups is 2. The van der Waals surface area contributed by atoms with Crippen LogP contribution in [0.3, 0.4) is 0 Å². The maximum atomic E-state index is 13.2. The number of likely N-dealkylation sites (tertiary alicyclic amines) is 1. The first-order valence-electron chi connectivity index (χ1n) is 7.87. The number of benzene rings is 1. The van der Waals surface area contributed by atoms with Crippen LogP contribution >= 0.6 is 11.3 Å². The van der Waals surface area contributed by atoms with E-state index < -0.39 is 11.9 Å². The van der Waals surface area contributed by atoms with Crippen LogP contribution in [0.1, 0.15) is 23.4 Å². The van der Waals surface area contributed by atoms with E-state index in [1.807, 2.05) is 0 Å². The molecule has 1 atom stereocenters. The zero-order valence-electron chi connectivity index (χ0n) is 13.3. The van der Waals surface area contributed by atoms with E-state index in [0.29, 0.717) is 35.9 Å². The van der Waals surface area contributed by atoms with Crippen molar-refractivity contribution in [2.75, 3.05) is 18.4 Å². The molecule has 2 heterocycles. The molecule has 2 amide bonds. The van der Waals surface area contributed by atoms with Gasteiger partial charge in [-0.25, -0.2) is 9.18 Å². The summed E-state index contributed by atoms with van der Waals surface area (Å²) in [6.45, 7) is 0.709. The van der Waals surface area contributed by atoms with Gasteiger partial charge in [-0.15, -0.1) is 10.2 Å². The summed E-state index contributed by atoms with van der Waals surface area (Å²) in [4.78, 5) is 24.8. The van der Waals surface area contributed by atoms with E-state index in [9.17, 15) is 14.0 Å². The molecule has 1 aromatic heterocycles. The molecule has 0 bridgehead atoms. The molecule has 3 rings (SSSR count). The largest absolute Gasteiger partial charge is 0.481 e. The maximum Gasteiger partial charge on any atom is 0.323 e. The quantitative estimate of drug-likeness (QED) is 0.869. The Bertz CT molecular complexity index is 782. The summed E-state index contributed by atoms with van der Waals surface area (Å²) in [5.74, 6) is -1.73. The first kappa shape index (κ1) is 17.3. The number of urea groups is 1. The number of rotatable bonds is 4. The Morgan fingerprint density at radius 3 is 3.00 bits per heavy atom. The molecule has 7 nitrogen and oxygen atoms in total. The highest BCUT2D eigenvalue weighted by Gasteiger charge is 2.28. The number of halogens is 1. The van der Waals surface area contributed by atoms with E-state index in [4.69, 9.17) is 5.11 Å². The molecular weight excluding hydrogens is 347 g/mol. The summed E-state index contributed by atoms with van der Waals surface area (Å²) in [6, 6.07) is 5.85. The molecule has 2 aromatic rings. The molecule has 1 aromatic carbocycles. The third-order valence-electron chi connectivity index (χ3n) is 3.98. The highest BCUT2D eigenvalue weighted by molar-refractivity contribution is 7.15. The van der Waals surface area contributed by atoms with Gasteiger partial charge in [0.15, 0.2) is 0 Å². The number of nitrogens with one attached hydrogen (secondary N) is 1. The lowest BCUT2D eigenvalue weighted by atomic mass is 9.99. The van der Waals surface area contributed by atoms with E-state index in [2.05, 4.69) is 15.5 Å². The van der Waals surface area contributed by atoms with Crippen LogP contribution < -0.4 is 5.32 Å². The number of carboxylic acid groups (broad SMARTS) is 1. The van der Waals surface area contributed by atoms with Gasteiger partial charge < -0.3 is 10.0 Å². The molecule has 25 heavy (non-hydrogen) atoms. The van der Waals surface area contributed by atoms with Crippen LogP contribution in [-0.4, -0.2) is 45.3 Å². The molecule has 1 aliphatic rings. The van der Waals surface area contributed by atoms with E-state index in [-0.39, 0.29) is 18.4 Å². The van der Waals surface area contributed by atoms with Gasteiger partial charge in [0.25, 0.3) is 0 Å². The predicted molar refractivity (Wildman–Crippen MR) is 90.1 cm³/mol. The molecule has 1 fully saturated rings. The average Bonchev–Trinajstić information content (AvgIpc) is 3.02. The molecule has 9 heteroatoms. The van der Waals surface area contributed by atoms with Crippen molar-refractivity contribution in [2.24, 2.45) is 5.92 Å². The number of hydrogen-bond acceptors (Lipinski definition) is 5. The molecule has 1 aliphatic heterocycles. The number of anilines is 1. The van der Waals surface area contributed by atoms with Crippen LogP contribution in [-0.2, 0) is 11.2 Å². The van der Waals surface area contributed by atoms with Gasteiger partial charge in [-0.2, -0.15) is 0 Å². The Balaban J connectivity index is 1.59. The van der Waals surface area contributed by atoms with Crippen LogP contribution in [0.25, 0.3) is 0 Å². The van der Waals surface area contributed by atoms with Gasteiger partial charge in [0.2, 0.25) is 5.13 Å². The summed E-state index contributed by atoms with van der Waals surface area (Å²) in [5, 5.41) is 20.7. The number of piperidine rings is 1. The third kappa shape index (κ3) is 4.50. The minimum Gasteiger partial charge on any atom is -0.481 e. The van der Waals surface area contributed by atoms with Crippen LogP contribution in [0.5, 0.6) is 0 Å². The Labute approximate surface area is 147 Å². The lowest BCUT2D eigenvalue weighted by Crippen LogP contribution is -2.44. The number of carboxylic acids is 1. The van der Waals surface area contributed by atoms with E-state index >= 15 is 0 Å². The monoisotopic (exact) mass is 364 g/mol. The average molecular weight is 364 g/mol. The van der Waals surface area contributed by atoms with Gasteiger partial charge in [-0.3, -0.25) is 10.1 Å². The van der Waals surface area contributed by atoms with Crippen LogP contribution in [0.2, 0.25) is 0 Å². The molecule has 1 saturated heterocycles. The van der Waals surface area contributed by atoms with Gasteiger partial charge >= 0.3 is 12.0 Å². The van der Waals surface area contributed by atoms with Crippen molar-refractivity contribution >= 4 is 28.5 Å². The topological polar surface area (TPSA) is 95.4 Å². The first-order chi connectivity index (χ1) is 12.0. The molecule has 0 saturated carbocycles. The van der Waals surface area contributed by atoms with Crippen molar-refractivity contribution in [1.82, 2.24) is 15.1 Å². The number of amides is 2. The summed E-state index contributed by atoms with van der Waals surface area (Å²) >= 11 is 1.21. The number of carbonyl (C=O) groups excluding carboxylic acids is 1. The smallest absolute Gasteiger partial charge is 0.323 e. The Kier molecular flexibility index (Phi) is 5.22. The highest BCUT2D eigenvalue weighted by Crippen LogP contribution is 2.21. The van der Waals surface area contributed by atoms with Crippen LogP contribution in [0.15, 0.2) is 24.3 Å². The van der Waals surface area contributed by atoms with E-state index in [1.165, 1.54) is 28.4 Å². The fraction of sp³-hybridized carbons (Fsp3) is 0.375. The minimum atomic E-state index is -0.884. The normalized spacial score (nSPS) is 17.3. The Hall–Kier alpha value is -2.55. The van der Waals surface area contributed by atoms with Gasteiger partial charge in [0, 0.05) is 19.5 Å². The van der Waals surface area contributed by atoms with Crippen molar-refractivity contribution in [2.45, 2.75) is 19.3 Å². The predicted octanol–water partition coefficient (Wildman–Crippen LogP) is 2.60. The van der Waals surface area contributed by atoms with Crippen molar-refractivity contribution < 1.29 is 19.1 Å². The van der Waals surface area contributed by atoms with Crippen LogP contribution in [0.4, 0.5) is 14.3 Å². The molecular formula is C16H17FN4O3S. The van der Waals surface area contributed by atoms with Gasteiger partial charge in [-0.1, -0.05) is 23.5 Å². The summed E-state index contributed by atoms with van der Waals surface area (Å²) < 4.78 is 13.2. The SMILES string of the molecule is O=C(O)C1CCCN(C(=O)Nc2nnc(Cc3cccc(F)c3)s2)C1. The lowest BCUT2D eigenvalue weighted by molar-refractivity contribution is -0.143. The van der Waals surface area contributed by atoms with Gasteiger partial charge in [-0.05, 0) is 30.5 Å². The molecule has 132 valence electrons. The van der Waals surface area contributed by atoms with Gasteiger partial charge in [0.1, 0.15) is 10.8 Å². The fourth-order valence-corrected chi connectivity index (χ4v) is 3.49. The molecule has 0 radical (unpaired) electrons. The Morgan fingerprint density at radius 2 is 2.24 bits per heavy atom. The number of aromatic nitrogens is 2. The lowest BCUT2D eigenvalue weighted by Gasteiger charge is -2.30. The zero-order valence-corrected chi connectivity index (χ0v) is 14.1.